The normalized spacial score (nSPS) is 18.8. The molecule has 0 aliphatic carbocycles. The Kier molecular flexibility index (Phi) is 7.86. The third-order valence-electron chi connectivity index (χ3n) is 2.42. The molecule has 1 atom stereocenters. The molecule has 1 aliphatic rings. The Morgan fingerprint density at radius 3 is 2.32 bits per heavy atom. The molecule has 0 saturated heterocycles. The lowest BCUT2D eigenvalue weighted by molar-refractivity contribution is -0.0302. The van der Waals surface area contributed by atoms with E-state index in [1.54, 1.807) is 6.26 Å². The van der Waals surface area contributed by atoms with E-state index in [9.17, 15) is 0 Å². The first-order valence-corrected chi connectivity index (χ1v) is 6.89. The summed E-state index contributed by atoms with van der Waals surface area (Å²) in [4.78, 5) is 0. The van der Waals surface area contributed by atoms with Crippen LogP contribution in [0.3, 0.4) is 0 Å². The van der Waals surface area contributed by atoms with Crippen LogP contribution < -0.4 is 0 Å². The Balaban J connectivity index is 2.11. The number of rotatable bonds is 10. The van der Waals surface area contributed by atoms with Crippen LogP contribution in [-0.4, -0.2) is 51.3 Å². The van der Waals surface area contributed by atoms with Gasteiger partial charge in [0, 0.05) is 0 Å². The van der Waals surface area contributed by atoms with Crippen molar-refractivity contribution in [3.8, 4) is 0 Å². The van der Waals surface area contributed by atoms with Gasteiger partial charge >= 0.3 is 0 Å². The second-order valence-corrected chi connectivity index (χ2v) is 4.90. The van der Waals surface area contributed by atoms with E-state index in [0.717, 1.165) is 5.76 Å². The van der Waals surface area contributed by atoms with Gasteiger partial charge < -0.3 is 23.7 Å². The van der Waals surface area contributed by atoms with Crippen LogP contribution in [0.25, 0.3) is 0 Å². The minimum absolute atomic E-state index is 0.130. The second-order valence-electron chi connectivity index (χ2n) is 4.90. The molecule has 0 aromatic rings. The SMILES string of the molecule is CC(C)OCCOC1=COCC1OCCOC(C)C. The average molecular weight is 274 g/mol. The molecule has 112 valence electrons. The van der Waals surface area contributed by atoms with Crippen molar-refractivity contribution < 1.29 is 23.7 Å². The summed E-state index contributed by atoms with van der Waals surface area (Å²) < 4.78 is 27.3. The van der Waals surface area contributed by atoms with Gasteiger partial charge in [0.1, 0.15) is 19.5 Å². The van der Waals surface area contributed by atoms with Gasteiger partial charge in [-0.05, 0) is 27.7 Å². The zero-order valence-corrected chi connectivity index (χ0v) is 12.4. The van der Waals surface area contributed by atoms with E-state index in [-0.39, 0.29) is 18.3 Å². The lowest BCUT2D eigenvalue weighted by Gasteiger charge is -2.16. The summed E-state index contributed by atoms with van der Waals surface area (Å²) in [5.74, 6) is 0.733. The Morgan fingerprint density at radius 2 is 1.68 bits per heavy atom. The smallest absolute Gasteiger partial charge is 0.163 e. The Morgan fingerprint density at radius 1 is 1.05 bits per heavy atom. The molecule has 0 fully saturated rings. The molecule has 0 N–H and O–H groups in total. The highest BCUT2D eigenvalue weighted by atomic mass is 16.6. The third kappa shape index (κ3) is 7.40. The van der Waals surface area contributed by atoms with Gasteiger partial charge in [-0.15, -0.1) is 0 Å². The van der Waals surface area contributed by atoms with E-state index in [1.165, 1.54) is 0 Å². The zero-order chi connectivity index (χ0) is 14.1. The lowest BCUT2D eigenvalue weighted by Crippen LogP contribution is -2.22. The van der Waals surface area contributed by atoms with Crippen LogP contribution in [0.15, 0.2) is 12.0 Å². The summed E-state index contributed by atoms with van der Waals surface area (Å²) in [6.45, 7) is 10.7. The van der Waals surface area contributed by atoms with Crippen molar-refractivity contribution in [3.05, 3.63) is 12.0 Å². The molecule has 1 aliphatic heterocycles. The molecule has 0 saturated carbocycles. The van der Waals surface area contributed by atoms with Crippen LogP contribution in [0.5, 0.6) is 0 Å². The van der Waals surface area contributed by atoms with Crippen LogP contribution in [-0.2, 0) is 23.7 Å². The summed E-state index contributed by atoms with van der Waals surface area (Å²) in [6.07, 6.45) is 1.93. The minimum Gasteiger partial charge on any atom is -0.494 e. The van der Waals surface area contributed by atoms with Gasteiger partial charge in [-0.25, -0.2) is 0 Å². The van der Waals surface area contributed by atoms with Crippen molar-refractivity contribution in [2.45, 2.75) is 46.0 Å². The highest BCUT2D eigenvalue weighted by Crippen LogP contribution is 2.16. The molecule has 5 nitrogen and oxygen atoms in total. The fourth-order valence-corrected chi connectivity index (χ4v) is 1.55. The predicted octanol–water partition coefficient (Wildman–Crippen LogP) is 2.11. The quantitative estimate of drug-likeness (QED) is 0.571. The maximum Gasteiger partial charge on any atom is 0.163 e. The first-order chi connectivity index (χ1) is 9.09. The molecule has 0 aromatic carbocycles. The molecule has 0 bridgehead atoms. The summed E-state index contributed by atoms with van der Waals surface area (Å²) in [5, 5.41) is 0. The maximum absolute atomic E-state index is 5.66. The fraction of sp³-hybridized carbons (Fsp3) is 0.857. The van der Waals surface area contributed by atoms with E-state index >= 15 is 0 Å². The minimum atomic E-state index is -0.130. The standard InChI is InChI=1S/C14H26O5/c1-11(2)16-5-7-18-13-9-15-10-14(13)19-8-6-17-12(3)4/h9,11-12,14H,5-8,10H2,1-4H3. The van der Waals surface area contributed by atoms with Gasteiger partial charge in [0.2, 0.25) is 0 Å². The van der Waals surface area contributed by atoms with E-state index < -0.39 is 0 Å². The Labute approximate surface area is 115 Å². The molecule has 1 heterocycles. The van der Waals surface area contributed by atoms with Gasteiger partial charge in [-0.1, -0.05) is 0 Å². The van der Waals surface area contributed by atoms with Gasteiger partial charge in [-0.2, -0.15) is 0 Å². The molecule has 5 heteroatoms. The van der Waals surface area contributed by atoms with E-state index in [0.29, 0.717) is 33.0 Å². The summed E-state index contributed by atoms with van der Waals surface area (Å²) in [5.41, 5.74) is 0. The highest BCUT2D eigenvalue weighted by Gasteiger charge is 2.23. The third-order valence-corrected chi connectivity index (χ3v) is 2.42. The molecule has 1 unspecified atom stereocenters. The molecule has 0 radical (unpaired) electrons. The Hall–Kier alpha value is -0.780. The van der Waals surface area contributed by atoms with Crippen molar-refractivity contribution >= 4 is 0 Å². The highest BCUT2D eigenvalue weighted by molar-refractivity contribution is 5.01. The molecule has 0 aromatic heterocycles. The van der Waals surface area contributed by atoms with Gasteiger partial charge in [-0.3, -0.25) is 0 Å². The molecule has 19 heavy (non-hydrogen) atoms. The van der Waals surface area contributed by atoms with Gasteiger partial charge in [0.05, 0.1) is 32.0 Å². The van der Waals surface area contributed by atoms with Crippen LogP contribution >= 0.6 is 0 Å². The van der Waals surface area contributed by atoms with Crippen LogP contribution in [0, 0.1) is 0 Å². The molecular weight excluding hydrogens is 248 g/mol. The molecular formula is C14H26O5. The summed E-state index contributed by atoms with van der Waals surface area (Å²) >= 11 is 0. The predicted molar refractivity (Wildman–Crippen MR) is 71.9 cm³/mol. The van der Waals surface area contributed by atoms with Crippen molar-refractivity contribution in [3.63, 3.8) is 0 Å². The second kappa shape index (κ2) is 9.18. The van der Waals surface area contributed by atoms with Crippen molar-refractivity contribution in [2.24, 2.45) is 0 Å². The summed E-state index contributed by atoms with van der Waals surface area (Å²) in [7, 11) is 0. The van der Waals surface area contributed by atoms with Crippen LogP contribution in [0.1, 0.15) is 27.7 Å². The largest absolute Gasteiger partial charge is 0.494 e. The zero-order valence-electron chi connectivity index (χ0n) is 12.4. The topological polar surface area (TPSA) is 46.2 Å². The average Bonchev–Trinajstić information content (AvgIpc) is 2.77. The van der Waals surface area contributed by atoms with E-state index in [2.05, 4.69) is 0 Å². The lowest BCUT2D eigenvalue weighted by atomic mass is 10.3. The number of ether oxygens (including phenoxy) is 5. The maximum atomic E-state index is 5.66. The van der Waals surface area contributed by atoms with Crippen molar-refractivity contribution in [1.29, 1.82) is 0 Å². The Bertz CT molecular complexity index is 263. The van der Waals surface area contributed by atoms with Crippen LogP contribution in [0.4, 0.5) is 0 Å². The molecule has 0 spiro atoms. The van der Waals surface area contributed by atoms with Gasteiger partial charge in [0.15, 0.2) is 11.9 Å². The molecule has 0 amide bonds. The van der Waals surface area contributed by atoms with Crippen molar-refractivity contribution in [1.82, 2.24) is 0 Å². The summed E-state index contributed by atoms with van der Waals surface area (Å²) in [6, 6.07) is 0. The van der Waals surface area contributed by atoms with E-state index in [1.807, 2.05) is 27.7 Å². The number of hydrogen-bond donors (Lipinski definition) is 0. The van der Waals surface area contributed by atoms with Crippen LogP contribution in [0.2, 0.25) is 0 Å². The monoisotopic (exact) mass is 274 g/mol. The van der Waals surface area contributed by atoms with Crippen molar-refractivity contribution in [2.75, 3.05) is 33.0 Å². The van der Waals surface area contributed by atoms with Gasteiger partial charge in [0.25, 0.3) is 0 Å². The van der Waals surface area contributed by atoms with E-state index in [4.69, 9.17) is 23.7 Å². The first-order valence-electron chi connectivity index (χ1n) is 6.89. The number of hydrogen-bond acceptors (Lipinski definition) is 5. The fourth-order valence-electron chi connectivity index (χ4n) is 1.55. The molecule has 1 rings (SSSR count). The first kappa shape index (κ1) is 16.3.